The molecule has 182 valence electrons. The number of aryl methyl sites for hydroxylation is 1. The number of carbonyl (C=O) groups is 1. The van der Waals surface area contributed by atoms with E-state index >= 15 is 0 Å². The van der Waals surface area contributed by atoms with E-state index in [2.05, 4.69) is 25.6 Å². The monoisotopic (exact) mass is 554 g/mol. The van der Waals surface area contributed by atoms with Gasteiger partial charge in [0.2, 0.25) is 0 Å². The molecule has 0 amide bonds. The number of carboxylic acids is 1. The van der Waals surface area contributed by atoms with Crippen molar-refractivity contribution >= 4 is 52.4 Å². The van der Waals surface area contributed by atoms with Crippen LogP contribution >= 0.6 is 46.4 Å². The average Bonchev–Trinajstić information content (AvgIpc) is 3.44. The van der Waals surface area contributed by atoms with E-state index in [1.807, 2.05) is 19.1 Å². The fourth-order valence-electron chi connectivity index (χ4n) is 3.51. The van der Waals surface area contributed by atoms with Crippen molar-refractivity contribution in [2.45, 2.75) is 32.9 Å². The fraction of sp³-hybridized carbons (Fsp3) is 0.227. The molecular weight excluding hydrogens is 538 g/mol. The number of carboxylic acid groups (broad SMARTS) is 1. The number of aromatic nitrogens is 6. The molecule has 0 saturated heterocycles. The lowest BCUT2D eigenvalue weighted by Crippen LogP contribution is -2.06. The van der Waals surface area contributed by atoms with E-state index in [4.69, 9.17) is 51.1 Å². The predicted octanol–water partition coefficient (Wildman–Crippen LogP) is 5.95. The van der Waals surface area contributed by atoms with E-state index in [9.17, 15) is 9.90 Å². The minimum absolute atomic E-state index is 0.0463. The molecule has 9 nitrogen and oxygen atoms in total. The maximum absolute atomic E-state index is 11.5. The van der Waals surface area contributed by atoms with E-state index < -0.39 is 5.97 Å². The zero-order valence-electron chi connectivity index (χ0n) is 18.2. The summed E-state index contributed by atoms with van der Waals surface area (Å²) in [6, 6.07) is 8.78. The first kappa shape index (κ1) is 25.2. The maximum atomic E-state index is 11.5. The number of hydrogen-bond donors (Lipinski definition) is 2. The molecule has 2 heterocycles. The fourth-order valence-corrected chi connectivity index (χ4v) is 4.70. The van der Waals surface area contributed by atoms with Crippen molar-refractivity contribution in [3.8, 4) is 17.1 Å². The van der Waals surface area contributed by atoms with Gasteiger partial charge in [0.25, 0.3) is 0 Å². The van der Waals surface area contributed by atoms with Crippen LogP contribution in [0.4, 0.5) is 0 Å². The van der Waals surface area contributed by atoms with Crippen LogP contribution in [-0.2, 0) is 19.6 Å². The van der Waals surface area contributed by atoms with Crippen molar-refractivity contribution < 1.29 is 14.6 Å². The van der Waals surface area contributed by atoms with Crippen molar-refractivity contribution in [2.24, 2.45) is 0 Å². The van der Waals surface area contributed by atoms with Gasteiger partial charge in [0.1, 0.15) is 17.6 Å². The SMILES string of the molecule is CCCc1nc(C(=O)O)c(Cl)n1Cc1cc(Cl)c(OCc2cccc(-c3nnn[nH]3)c2Cl)c(Cl)c1. The highest BCUT2D eigenvalue weighted by Gasteiger charge is 2.21. The second-order valence-electron chi connectivity index (χ2n) is 7.51. The van der Waals surface area contributed by atoms with Crippen LogP contribution in [0.3, 0.4) is 0 Å². The van der Waals surface area contributed by atoms with E-state index in [-0.39, 0.29) is 39.8 Å². The molecule has 0 saturated carbocycles. The van der Waals surface area contributed by atoms with Crippen LogP contribution in [0, 0.1) is 0 Å². The lowest BCUT2D eigenvalue weighted by Gasteiger charge is -2.15. The Kier molecular flexibility index (Phi) is 7.81. The van der Waals surface area contributed by atoms with Crippen LogP contribution in [0.15, 0.2) is 30.3 Å². The van der Waals surface area contributed by atoms with Crippen molar-refractivity contribution in [2.75, 3.05) is 0 Å². The highest BCUT2D eigenvalue weighted by Crippen LogP contribution is 2.37. The van der Waals surface area contributed by atoms with Gasteiger partial charge in [0.15, 0.2) is 17.3 Å². The Labute approximate surface area is 219 Å². The van der Waals surface area contributed by atoms with Gasteiger partial charge in [-0.15, -0.1) is 5.10 Å². The summed E-state index contributed by atoms with van der Waals surface area (Å²) in [6.07, 6.45) is 1.34. The average molecular weight is 556 g/mol. The third kappa shape index (κ3) is 5.38. The summed E-state index contributed by atoms with van der Waals surface area (Å²) in [5.41, 5.74) is 1.84. The zero-order valence-corrected chi connectivity index (χ0v) is 21.3. The smallest absolute Gasteiger partial charge is 0.357 e. The summed E-state index contributed by atoms with van der Waals surface area (Å²) in [6.45, 7) is 2.31. The molecule has 0 radical (unpaired) electrons. The Morgan fingerprint density at radius 3 is 2.54 bits per heavy atom. The van der Waals surface area contributed by atoms with E-state index in [0.717, 1.165) is 6.42 Å². The highest BCUT2D eigenvalue weighted by atomic mass is 35.5. The molecule has 2 aromatic heterocycles. The molecule has 0 atom stereocenters. The molecule has 0 bridgehead atoms. The summed E-state index contributed by atoms with van der Waals surface area (Å²) < 4.78 is 7.54. The molecule has 2 N–H and O–H groups in total. The van der Waals surface area contributed by atoms with Gasteiger partial charge in [-0.1, -0.05) is 65.5 Å². The Bertz CT molecular complexity index is 1350. The Morgan fingerprint density at radius 1 is 1.17 bits per heavy atom. The predicted molar refractivity (Wildman–Crippen MR) is 133 cm³/mol. The summed E-state index contributed by atoms with van der Waals surface area (Å²) in [4.78, 5) is 15.6. The second-order valence-corrected chi connectivity index (χ2v) is 9.06. The summed E-state index contributed by atoms with van der Waals surface area (Å²) in [5, 5.41) is 24.1. The number of imidazole rings is 1. The number of H-pyrrole nitrogens is 1. The number of nitrogens with one attached hydrogen (secondary N) is 1. The van der Waals surface area contributed by atoms with Gasteiger partial charge in [-0.05, 0) is 40.6 Å². The molecule has 13 heteroatoms. The Hall–Kier alpha value is -2.85. The number of aromatic amines is 1. The molecule has 0 aliphatic carbocycles. The van der Waals surface area contributed by atoms with Crippen LogP contribution in [0.2, 0.25) is 20.2 Å². The lowest BCUT2D eigenvalue weighted by molar-refractivity contribution is 0.0691. The number of rotatable bonds is 9. The number of halogens is 4. The zero-order chi connectivity index (χ0) is 25.1. The normalized spacial score (nSPS) is 11.1. The molecule has 35 heavy (non-hydrogen) atoms. The summed E-state index contributed by atoms with van der Waals surface area (Å²) in [7, 11) is 0. The topological polar surface area (TPSA) is 119 Å². The number of tetrazole rings is 1. The second kappa shape index (κ2) is 10.8. The van der Waals surface area contributed by atoms with Crippen LogP contribution in [0.5, 0.6) is 5.75 Å². The van der Waals surface area contributed by atoms with Crippen molar-refractivity contribution in [1.82, 2.24) is 30.2 Å². The van der Waals surface area contributed by atoms with E-state index in [1.54, 1.807) is 22.8 Å². The van der Waals surface area contributed by atoms with Gasteiger partial charge in [-0.2, -0.15) is 0 Å². The molecule has 4 aromatic rings. The lowest BCUT2D eigenvalue weighted by atomic mass is 10.1. The molecule has 2 aromatic carbocycles. The third-order valence-electron chi connectivity index (χ3n) is 5.11. The molecule has 0 aliphatic heterocycles. The van der Waals surface area contributed by atoms with Crippen LogP contribution in [-0.4, -0.2) is 41.3 Å². The minimum atomic E-state index is -1.19. The van der Waals surface area contributed by atoms with Gasteiger partial charge in [-0.25, -0.2) is 14.9 Å². The molecule has 0 aliphatic rings. The highest BCUT2D eigenvalue weighted by molar-refractivity contribution is 6.37. The Morgan fingerprint density at radius 2 is 1.91 bits per heavy atom. The maximum Gasteiger partial charge on any atom is 0.357 e. The Balaban J connectivity index is 1.56. The molecule has 0 unspecified atom stereocenters. The van der Waals surface area contributed by atoms with E-state index in [0.29, 0.717) is 39.8 Å². The first-order valence-corrected chi connectivity index (χ1v) is 11.9. The standard InChI is InChI=1S/C22H18Cl4N6O3/c1-2-4-16-27-18(22(33)34)20(26)32(16)9-11-7-14(23)19(15(24)8-11)35-10-12-5-3-6-13(17(12)25)21-28-30-31-29-21/h3,5-8H,2,4,9-10H2,1H3,(H,33,34)(H,28,29,30,31). The number of benzene rings is 2. The number of aromatic carboxylic acids is 1. The number of ether oxygens (including phenoxy) is 1. The largest absolute Gasteiger partial charge is 0.486 e. The molecule has 4 rings (SSSR count). The first-order valence-electron chi connectivity index (χ1n) is 10.4. The quantitative estimate of drug-likeness (QED) is 0.261. The van der Waals surface area contributed by atoms with Gasteiger partial charge in [-0.3, -0.25) is 0 Å². The van der Waals surface area contributed by atoms with Gasteiger partial charge in [0, 0.05) is 17.5 Å². The van der Waals surface area contributed by atoms with E-state index in [1.165, 1.54) is 0 Å². The minimum Gasteiger partial charge on any atom is -0.486 e. The van der Waals surface area contributed by atoms with Crippen molar-refractivity contribution in [3.63, 3.8) is 0 Å². The van der Waals surface area contributed by atoms with Gasteiger partial charge in [0.05, 0.1) is 21.6 Å². The van der Waals surface area contributed by atoms with Crippen molar-refractivity contribution in [3.05, 3.63) is 73.2 Å². The van der Waals surface area contributed by atoms with Crippen LogP contribution < -0.4 is 4.74 Å². The number of nitrogens with zero attached hydrogens (tertiary/aromatic N) is 5. The summed E-state index contributed by atoms with van der Waals surface area (Å²) in [5.74, 6) is 0.104. The van der Waals surface area contributed by atoms with Gasteiger partial charge < -0.3 is 14.4 Å². The molecular formula is C22H18Cl4N6O3. The molecule has 0 fully saturated rings. The summed E-state index contributed by atoms with van der Waals surface area (Å²) >= 11 is 25.8. The van der Waals surface area contributed by atoms with Crippen LogP contribution in [0.1, 0.15) is 40.8 Å². The first-order chi connectivity index (χ1) is 16.8. The van der Waals surface area contributed by atoms with Gasteiger partial charge >= 0.3 is 5.97 Å². The molecule has 0 spiro atoms. The van der Waals surface area contributed by atoms with Crippen molar-refractivity contribution in [1.29, 1.82) is 0 Å². The van der Waals surface area contributed by atoms with Crippen LogP contribution in [0.25, 0.3) is 11.4 Å². The number of hydrogen-bond acceptors (Lipinski definition) is 6. The third-order valence-corrected chi connectivity index (χ3v) is 6.50.